The van der Waals surface area contributed by atoms with Crippen LogP contribution in [0.5, 0.6) is 0 Å². The second-order valence-corrected chi connectivity index (χ2v) is 2.54. The molecular weight excluding hydrogens is 188 g/mol. The van der Waals surface area contributed by atoms with Gasteiger partial charge in [-0.2, -0.15) is 9.68 Å². The van der Waals surface area contributed by atoms with Crippen LogP contribution in [-0.2, 0) is 9.68 Å². The van der Waals surface area contributed by atoms with Gasteiger partial charge in [0.1, 0.15) is 5.02 Å². The topological polar surface area (TPSA) is 77.9 Å². The third-order valence-corrected chi connectivity index (χ3v) is 1.69. The van der Waals surface area contributed by atoms with Crippen molar-refractivity contribution in [1.82, 2.24) is 0 Å². The van der Waals surface area contributed by atoms with Gasteiger partial charge < -0.3 is 5.53 Å². The molecule has 6 nitrogen and oxygen atoms in total. The molecule has 1 aliphatic heterocycles. The van der Waals surface area contributed by atoms with Crippen LogP contribution in [0.4, 0.5) is 0 Å². The number of benzene rings is 1. The van der Waals surface area contributed by atoms with Crippen LogP contribution in [-0.4, -0.2) is 17.0 Å². The van der Waals surface area contributed by atoms with Gasteiger partial charge in [0.25, 0.3) is 0 Å². The zero-order valence-corrected chi connectivity index (χ0v) is 6.84. The molecule has 0 spiro atoms. The molecule has 1 aromatic carbocycles. The highest BCUT2D eigenvalue weighted by Gasteiger charge is 2.29. The highest BCUT2D eigenvalue weighted by Crippen LogP contribution is 2.15. The van der Waals surface area contributed by atoms with E-state index in [4.69, 9.17) is 5.53 Å². The van der Waals surface area contributed by atoms with Gasteiger partial charge in [0, 0.05) is 0 Å². The van der Waals surface area contributed by atoms with Gasteiger partial charge in [-0.05, 0) is 12.1 Å². The maximum atomic E-state index is 11.2. The zero-order valence-electron chi connectivity index (χ0n) is 6.84. The molecule has 0 unspecified atom stereocenters. The maximum absolute atomic E-state index is 11.2. The minimum Gasteiger partial charge on any atom is -0.390 e. The SMILES string of the molecule is [N-]=[N+]1OC(=O)c2ccccc2C(=O)O1. The van der Waals surface area contributed by atoms with E-state index in [1.54, 1.807) is 12.1 Å². The molecule has 0 bridgehead atoms. The second kappa shape index (κ2) is 2.91. The monoisotopic (exact) mass is 192 g/mol. The summed E-state index contributed by atoms with van der Waals surface area (Å²) in [4.78, 5) is 30.8. The third kappa shape index (κ3) is 1.22. The molecule has 0 fully saturated rings. The van der Waals surface area contributed by atoms with Crippen LogP contribution in [0.3, 0.4) is 0 Å². The zero-order chi connectivity index (χ0) is 10.1. The van der Waals surface area contributed by atoms with E-state index in [1.165, 1.54) is 12.1 Å². The van der Waals surface area contributed by atoms with E-state index in [0.29, 0.717) is 0 Å². The molecule has 0 aromatic heterocycles. The van der Waals surface area contributed by atoms with Crippen LogP contribution >= 0.6 is 0 Å². The molecule has 70 valence electrons. The molecule has 0 amide bonds. The Labute approximate surface area is 78.1 Å². The number of hydrogen-bond acceptors (Lipinski definition) is 4. The van der Waals surface area contributed by atoms with Crippen molar-refractivity contribution in [2.75, 3.05) is 0 Å². The standard InChI is InChI=1S/C8H4N2O4/c9-10-13-7(11)5-3-1-2-4-6(5)8(12)14-10/h1-4H. The summed E-state index contributed by atoms with van der Waals surface area (Å²) < 4.78 is 0. The second-order valence-electron chi connectivity index (χ2n) is 2.54. The minimum absolute atomic E-state index is 0.0500. The Hall–Kier alpha value is -2.24. The summed E-state index contributed by atoms with van der Waals surface area (Å²) in [6.45, 7) is 0. The molecule has 14 heavy (non-hydrogen) atoms. The Bertz CT molecular complexity index is 402. The number of carbonyl (C=O) groups is 2. The van der Waals surface area contributed by atoms with Gasteiger partial charge in [-0.3, -0.25) is 0 Å². The van der Waals surface area contributed by atoms with Gasteiger partial charge in [0.15, 0.2) is 0 Å². The molecule has 6 heteroatoms. The van der Waals surface area contributed by atoms with Crippen molar-refractivity contribution in [3.63, 3.8) is 0 Å². The summed E-state index contributed by atoms with van der Waals surface area (Å²) >= 11 is 0. The quantitative estimate of drug-likeness (QED) is 0.611. The van der Waals surface area contributed by atoms with Crippen molar-refractivity contribution in [2.45, 2.75) is 0 Å². The Morgan fingerprint density at radius 2 is 1.43 bits per heavy atom. The fourth-order valence-electron chi connectivity index (χ4n) is 1.10. The molecule has 0 radical (unpaired) electrons. The summed E-state index contributed by atoms with van der Waals surface area (Å²) in [6, 6.07) is 5.94. The summed E-state index contributed by atoms with van der Waals surface area (Å²) in [7, 11) is 0. The number of fused-ring (bicyclic) bond motifs is 1. The number of rotatable bonds is 0. The predicted octanol–water partition coefficient (Wildman–Crippen LogP) is 0.878. The fourth-order valence-corrected chi connectivity index (χ4v) is 1.10. The summed E-state index contributed by atoms with van der Waals surface area (Å²) in [5.74, 6) is -1.71. The first-order chi connectivity index (χ1) is 6.68. The smallest absolute Gasteiger partial charge is 0.390 e. The van der Waals surface area contributed by atoms with E-state index >= 15 is 0 Å². The van der Waals surface area contributed by atoms with Gasteiger partial charge >= 0.3 is 11.9 Å². The van der Waals surface area contributed by atoms with Crippen molar-refractivity contribution in [3.05, 3.63) is 40.9 Å². The van der Waals surface area contributed by atoms with Gasteiger partial charge in [-0.25, -0.2) is 9.59 Å². The summed E-state index contributed by atoms with van der Waals surface area (Å²) in [5.41, 5.74) is 8.85. The molecule has 1 heterocycles. The molecule has 1 aromatic rings. The minimum atomic E-state index is -0.853. The lowest BCUT2D eigenvalue weighted by Crippen LogP contribution is -2.13. The first kappa shape index (κ1) is 8.36. The van der Waals surface area contributed by atoms with Crippen molar-refractivity contribution in [1.29, 1.82) is 0 Å². The number of nitrogens with zero attached hydrogens (tertiary/aromatic N) is 2. The van der Waals surface area contributed by atoms with Crippen molar-refractivity contribution >= 4 is 11.9 Å². The molecular formula is C8H4N2O4. The van der Waals surface area contributed by atoms with Crippen molar-refractivity contribution in [2.24, 2.45) is 0 Å². The lowest BCUT2D eigenvalue weighted by molar-refractivity contribution is -0.942. The largest absolute Gasteiger partial charge is 0.416 e. The molecule has 0 saturated heterocycles. The van der Waals surface area contributed by atoms with E-state index < -0.39 is 11.9 Å². The number of hydrogen-bond donors (Lipinski definition) is 0. The van der Waals surface area contributed by atoms with E-state index in [0.717, 1.165) is 0 Å². The van der Waals surface area contributed by atoms with E-state index in [2.05, 4.69) is 9.68 Å². The highest BCUT2D eigenvalue weighted by atomic mass is 17.0. The molecule has 0 aliphatic carbocycles. The molecule has 0 N–H and O–H groups in total. The van der Waals surface area contributed by atoms with Crippen molar-refractivity contribution in [3.8, 4) is 0 Å². The Balaban J connectivity index is 2.59. The first-order valence-corrected chi connectivity index (χ1v) is 3.71. The Kier molecular flexibility index (Phi) is 1.74. The maximum Gasteiger partial charge on any atom is 0.416 e. The van der Waals surface area contributed by atoms with Crippen molar-refractivity contribution < 1.29 is 24.3 Å². The van der Waals surface area contributed by atoms with Gasteiger partial charge in [-0.1, -0.05) is 12.1 Å². The molecule has 0 atom stereocenters. The van der Waals surface area contributed by atoms with Crippen LogP contribution in [0.15, 0.2) is 24.3 Å². The lowest BCUT2D eigenvalue weighted by atomic mass is 10.1. The van der Waals surface area contributed by atoms with Crippen LogP contribution in [0, 0.1) is 0 Å². The number of carbonyl (C=O) groups excluding carboxylic acids is 2. The fraction of sp³-hybridized carbons (Fsp3) is 0. The Morgan fingerprint density at radius 1 is 1.00 bits per heavy atom. The Morgan fingerprint density at radius 3 is 1.86 bits per heavy atom. The van der Waals surface area contributed by atoms with Gasteiger partial charge in [0.05, 0.1) is 11.1 Å². The third-order valence-electron chi connectivity index (χ3n) is 1.69. The van der Waals surface area contributed by atoms with Crippen LogP contribution < -0.4 is 0 Å². The predicted molar refractivity (Wildman–Crippen MR) is 40.9 cm³/mol. The molecule has 2 rings (SSSR count). The van der Waals surface area contributed by atoms with Crippen LogP contribution in [0.2, 0.25) is 0 Å². The summed E-state index contributed by atoms with van der Waals surface area (Å²) in [6.07, 6.45) is 0. The molecule has 0 saturated carbocycles. The normalized spacial score (nSPS) is 15.3. The van der Waals surface area contributed by atoms with Gasteiger partial charge in [0.2, 0.25) is 0 Å². The van der Waals surface area contributed by atoms with Crippen LogP contribution in [0.25, 0.3) is 5.53 Å². The van der Waals surface area contributed by atoms with E-state index in [9.17, 15) is 9.59 Å². The van der Waals surface area contributed by atoms with E-state index in [1.807, 2.05) is 0 Å². The molecule has 1 aliphatic rings. The lowest BCUT2D eigenvalue weighted by Gasteiger charge is -1.93. The first-order valence-electron chi connectivity index (χ1n) is 3.71. The van der Waals surface area contributed by atoms with Gasteiger partial charge in [-0.15, -0.1) is 0 Å². The van der Waals surface area contributed by atoms with Crippen LogP contribution in [0.1, 0.15) is 20.7 Å². The average Bonchev–Trinajstić information content (AvgIpc) is 2.26. The highest BCUT2D eigenvalue weighted by molar-refractivity contribution is 6.03. The summed E-state index contributed by atoms with van der Waals surface area (Å²) in [5, 5.41) is -0.259. The van der Waals surface area contributed by atoms with E-state index in [-0.39, 0.29) is 16.2 Å². The average molecular weight is 192 g/mol.